The van der Waals surface area contributed by atoms with Gasteiger partial charge in [-0.3, -0.25) is 24.1 Å². The molecule has 1 N–H and O–H groups in total. The molecule has 1 aliphatic heterocycles. The van der Waals surface area contributed by atoms with E-state index in [4.69, 9.17) is 4.74 Å². The third-order valence-corrected chi connectivity index (χ3v) is 5.16. The largest absolute Gasteiger partial charge is 0.454 e. The number of carbonyl (C=O) groups excluding carboxylic acids is 5. The van der Waals surface area contributed by atoms with Crippen LogP contribution in [0.2, 0.25) is 0 Å². The number of esters is 1. The van der Waals surface area contributed by atoms with Gasteiger partial charge in [-0.25, -0.2) is 4.79 Å². The number of nitrogens with one attached hydrogen (secondary N) is 1. The Balaban J connectivity index is 1.55. The Labute approximate surface area is 185 Å². The fourth-order valence-corrected chi connectivity index (χ4v) is 3.28. The number of unbranched alkanes of at least 4 members (excludes halogenated alkanes) is 2. The van der Waals surface area contributed by atoms with Crippen LogP contribution < -0.4 is 5.32 Å². The van der Waals surface area contributed by atoms with Crippen molar-refractivity contribution in [1.82, 2.24) is 4.90 Å². The van der Waals surface area contributed by atoms with Gasteiger partial charge in [0.25, 0.3) is 11.8 Å². The zero-order valence-electron chi connectivity index (χ0n) is 18.0. The van der Waals surface area contributed by atoms with Crippen molar-refractivity contribution in [3.05, 3.63) is 64.7 Å². The molecule has 3 amide bonds. The van der Waals surface area contributed by atoms with Crippen molar-refractivity contribution in [1.29, 1.82) is 0 Å². The fourth-order valence-electron chi connectivity index (χ4n) is 3.28. The van der Waals surface area contributed by atoms with Crippen LogP contribution in [-0.2, 0) is 9.53 Å². The molecular formula is C24H24N2O6. The number of anilines is 1. The van der Waals surface area contributed by atoms with Crippen LogP contribution in [0, 0.1) is 0 Å². The van der Waals surface area contributed by atoms with Crippen molar-refractivity contribution in [2.75, 3.05) is 19.0 Å². The number of rotatable bonds is 9. The van der Waals surface area contributed by atoms with Crippen LogP contribution in [0.25, 0.3) is 0 Å². The zero-order valence-corrected chi connectivity index (χ0v) is 18.0. The molecule has 0 aromatic heterocycles. The van der Waals surface area contributed by atoms with Crippen molar-refractivity contribution in [3.63, 3.8) is 0 Å². The summed E-state index contributed by atoms with van der Waals surface area (Å²) >= 11 is 0. The normalized spacial score (nSPS) is 12.5. The predicted molar refractivity (Wildman–Crippen MR) is 117 cm³/mol. The molecule has 8 nitrogen and oxygen atoms in total. The van der Waals surface area contributed by atoms with Crippen LogP contribution in [0.3, 0.4) is 0 Å². The summed E-state index contributed by atoms with van der Waals surface area (Å²) in [5.41, 5.74) is 1.35. The first kappa shape index (κ1) is 22.9. The summed E-state index contributed by atoms with van der Waals surface area (Å²) in [5.74, 6) is -2.18. The van der Waals surface area contributed by atoms with Crippen molar-refractivity contribution in [3.8, 4) is 0 Å². The van der Waals surface area contributed by atoms with E-state index >= 15 is 0 Å². The van der Waals surface area contributed by atoms with Gasteiger partial charge in [0.2, 0.25) is 5.91 Å². The summed E-state index contributed by atoms with van der Waals surface area (Å²) < 4.78 is 5.07. The van der Waals surface area contributed by atoms with E-state index in [1.807, 2.05) is 0 Å². The Kier molecular flexibility index (Phi) is 7.14. The van der Waals surface area contributed by atoms with Gasteiger partial charge in [-0.15, -0.1) is 0 Å². The van der Waals surface area contributed by atoms with Gasteiger partial charge in [-0.2, -0.15) is 0 Å². The Bertz CT molecular complexity index is 1070. The van der Waals surface area contributed by atoms with E-state index < -0.39 is 30.2 Å². The molecule has 1 aliphatic rings. The number of Topliss-reactive ketones (excluding diaryl/α,β-unsaturated/α-hetero) is 1. The third-order valence-electron chi connectivity index (χ3n) is 5.16. The van der Waals surface area contributed by atoms with Gasteiger partial charge in [0, 0.05) is 24.7 Å². The maximum atomic E-state index is 12.3. The molecule has 0 radical (unpaired) electrons. The summed E-state index contributed by atoms with van der Waals surface area (Å²) in [7, 11) is 1.37. The van der Waals surface area contributed by atoms with Crippen LogP contribution in [0.15, 0.2) is 42.5 Å². The van der Waals surface area contributed by atoms with Gasteiger partial charge >= 0.3 is 5.97 Å². The molecule has 0 fully saturated rings. The molecule has 1 heterocycles. The van der Waals surface area contributed by atoms with Crippen LogP contribution in [0.4, 0.5) is 5.69 Å². The van der Waals surface area contributed by atoms with Crippen molar-refractivity contribution in [2.45, 2.75) is 32.6 Å². The van der Waals surface area contributed by atoms with E-state index in [0.29, 0.717) is 17.7 Å². The smallest absolute Gasteiger partial charge is 0.338 e. The van der Waals surface area contributed by atoms with E-state index in [0.717, 1.165) is 24.2 Å². The SMILES string of the molecule is CCCCCC(=O)Nc1ccc(C(=O)COC(=O)c2ccc3c(c2)C(=O)N(C)C3=O)cc1. The second-order valence-corrected chi connectivity index (χ2v) is 7.51. The first-order chi connectivity index (χ1) is 15.3. The average Bonchev–Trinajstić information content (AvgIpc) is 3.01. The first-order valence-electron chi connectivity index (χ1n) is 10.4. The minimum atomic E-state index is -0.771. The molecule has 0 unspecified atom stereocenters. The lowest BCUT2D eigenvalue weighted by molar-refractivity contribution is -0.116. The van der Waals surface area contributed by atoms with Crippen LogP contribution in [0.1, 0.15) is 74.0 Å². The molecule has 3 rings (SSSR count). The van der Waals surface area contributed by atoms with Crippen LogP contribution in [-0.4, -0.2) is 48.0 Å². The van der Waals surface area contributed by atoms with Crippen molar-refractivity contribution in [2.24, 2.45) is 0 Å². The molecule has 32 heavy (non-hydrogen) atoms. The van der Waals surface area contributed by atoms with E-state index in [2.05, 4.69) is 12.2 Å². The van der Waals surface area contributed by atoms with Gasteiger partial charge in [0.15, 0.2) is 12.4 Å². The highest BCUT2D eigenvalue weighted by molar-refractivity contribution is 6.21. The van der Waals surface area contributed by atoms with E-state index in [1.165, 1.54) is 25.2 Å². The summed E-state index contributed by atoms with van der Waals surface area (Å²) in [6.45, 7) is 1.59. The molecular weight excluding hydrogens is 412 g/mol. The maximum absolute atomic E-state index is 12.3. The number of amides is 3. The topological polar surface area (TPSA) is 110 Å². The predicted octanol–water partition coefficient (Wildman–Crippen LogP) is 3.47. The quantitative estimate of drug-likeness (QED) is 0.279. The molecule has 2 aromatic rings. The summed E-state index contributed by atoms with van der Waals surface area (Å²) in [6, 6.07) is 10.4. The molecule has 0 aliphatic carbocycles. The number of hydrogen-bond acceptors (Lipinski definition) is 6. The van der Waals surface area contributed by atoms with Crippen LogP contribution in [0.5, 0.6) is 0 Å². The number of ether oxygens (including phenoxy) is 1. The highest BCUT2D eigenvalue weighted by Gasteiger charge is 2.33. The molecule has 166 valence electrons. The van der Waals surface area contributed by atoms with E-state index in [9.17, 15) is 24.0 Å². The number of fused-ring (bicyclic) bond motifs is 1. The second kappa shape index (κ2) is 10.00. The lowest BCUT2D eigenvalue weighted by Crippen LogP contribution is -2.24. The van der Waals surface area contributed by atoms with Gasteiger partial charge in [-0.1, -0.05) is 19.8 Å². The first-order valence-corrected chi connectivity index (χ1v) is 10.4. The number of ketones is 1. The molecule has 2 aromatic carbocycles. The molecule has 0 saturated heterocycles. The lowest BCUT2D eigenvalue weighted by atomic mass is 10.1. The van der Waals surface area contributed by atoms with E-state index in [-0.39, 0.29) is 22.6 Å². The van der Waals surface area contributed by atoms with Crippen LogP contribution >= 0.6 is 0 Å². The Morgan fingerprint density at radius 3 is 2.25 bits per heavy atom. The zero-order chi connectivity index (χ0) is 23.3. The Hall–Kier alpha value is -3.81. The van der Waals surface area contributed by atoms with Gasteiger partial charge in [0.1, 0.15) is 0 Å². The minimum Gasteiger partial charge on any atom is -0.454 e. The summed E-state index contributed by atoms with van der Waals surface area (Å²) in [5, 5.41) is 2.78. The summed E-state index contributed by atoms with van der Waals surface area (Å²) in [4.78, 5) is 61.5. The van der Waals surface area contributed by atoms with Gasteiger partial charge < -0.3 is 10.1 Å². The summed E-state index contributed by atoms with van der Waals surface area (Å²) in [6.07, 6.45) is 3.31. The van der Waals surface area contributed by atoms with E-state index in [1.54, 1.807) is 24.3 Å². The maximum Gasteiger partial charge on any atom is 0.338 e. The number of hydrogen-bond donors (Lipinski definition) is 1. The van der Waals surface area contributed by atoms with Gasteiger partial charge in [-0.05, 0) is 48.9 Å². The third kappa shape index (κ3) is 5.08. The fraction of sp³-hybridized carbons (Fsp3) is 0.292. The van der Waals surface area contributed by atoms with Gasteiger partial charge in [0.05, 0.1) is 16.7 Å². The van der Waals surface area contributed by atoms with Crippen molar-refractivity contribution < 1.29 is 28.7 Å². The number of benzene rings is 2. The molecule has 0 atom stereocenters. The molecule has 0 bridgehead atoms. The second-order valence-electron chi connectivity index (χ2n) is 7.51. The highest BCUT2D eigenvalue weighted by atomic mass is 16.5. The molecule has 0 spiro atoms. The van der Waals surface area contributed by atoms with Crippen molar-refractivity contribution >= 4 is 35.2 Å². The lowest BCUT2D eigenvalue weighted by Gasteiger charge is -2.07. The highest BCUT2D eigenvalue weighted by Crippen LogP contribution is 2.23. The number of imide groups is 1. The Morgan fingerprint density at radius 1 is 0.906 bits per heavy atom. The Morgan fingerprint density at radius 2 is 1.56 bits per heavy atom. The standard InChI is InChI=1S/C24H24N2O6/c1-3-4-5-6-21(28)25-17-10-7-15(8-11-17)20(27)14-32-24(31)16-9-12-18-19(13-16)23(30)26(2)22(18)29/h7-13H,3-6,14H2,1-2H3,(H,25,28). The molecule has 8 heteroatoms. The molecule has 0 saturated carbocycles. The monoisotopic (exact) mass is 436 g/mol. The number of carbonyl (C=O) groups is 5. The minimum absolute atomic E-state index is 0.0767. The average molecular weight is 436 g/mol. The number of nitrogens with zero attached hydrogens (tertiary/aromatic N) is 1.